The molecule has 0 aromatic rings. The van der Waals surface area contributed by atoms with E-state index in [2.05, 4.69) is 13.8 Å². The average molecular weight is 613 g/mol. The van der Waals surface area contributed by atoms with Gasteiger partial charge in [-0.3, -0.25) is 4.79 Å². The topological polar surface area (TPSA) is 54.0 Å². The summed E-state index contributed by atoms with van der Waals surface area (Å²) < 4.78 is 22.0. The second-order valence-corrected chi connectivity index (χ2v) is 12.6. The van der Waals surface area contributed by atoms with Crippen molar-refractivity contribution in [3.8, 4) is 0 Å². The quantitative estimate of drug-likeness (QED) is 0.0513. The first-order valence-corrected chi connectivity index (χ1v) is 19.2. The molecule has 0 atom stereocenters. The second-order valence-electron chi connectivity index (χ2n) is 12.6. The van der Waals surface area contributed by atoms with Crippen LogP contribution in [-0.2, 0) is 23.7 Å². The molecule has 0 saturated carbocycles. The lowest BCUT2D eigenvalue weighted by Crippen LogP contribution is -2.14. The molecule has 0 aliphatic heterocycles. The molecule has 0 amide bonds. The van der Waals surface area contributed by atoms with Crippen molar-refractivity contribution in [1.82, 2.24) is 0 Å². The Morgan fingerprint density at radius 2 is 0.605 bits per heavy atom. The third-order valence-corrected chi connectivity index (χ3v) is 8.36. The second kappa shape index (κ2) is 39.4. The number of carbonyl (C=O) groups excluding carboxylic acids is 1. The summed E-state index contributed by atoms with van der Waals surface area (Å²) in [7, 11) is 0. The van der Waals surface area contributed by atoms with Crippen molar-refractivity contribution in [3.05, 3.63) is 0 Å². The highest BCUT2D eigenvalue weighted by molar-refractivity contribution is 5.69. The van der Waals surface area contributed by atoms with Crippen molar-refractivity contribution < 1.29 is 23.7 Å². The monoisotopic (exact) mass is 613 g/mol. The first-order valence-electron chi connectivity index (χ1n) is 19.2. The van der Waals surface area contributed by atoms with E-state index in [1.807, 2.05) is 0 Å². The fourth-order valence-electron chi connectivity index (χ4n) is 5.51. The molecular formula is C38H76O5. The van der Waals surface area contributed by atoms with Crippen molar-refractivity contribution in [1.29, 1.82) is 0 Å². The third kappa shape index (κ3) is 39.3. The first-order chi connectivity index (χ1) is 21.3. The summed E-state index contributed by atoms with van der Waals surface area (Å²) in [6, 6.07) is 0. The molecule has 5 nitrogen and oxygen atoms in total. The maximum absolute atomic E-state index is 11.9. The van der Waals surface area contributed by atoms with Crippen LogP contribution in [0.5, 0.6) is 0 Å². The van der Waals surface area contributed by atoms with E-state index in [-0.39, 0.29) is 5.97 Å². The van der Waals surface area contributed by atoms with E-state index in [0.29, 0.717) is 46.1 Å². The molecule has 5 heteroatoms. The van der Waals surface area contributed by atoms with Gasteiger partial charge in [0, 0.05) is 13.0 Å². The number of rotatable bonds is 38. The lowest BCUT2D eigenvalue weighted by Gasteiger charge is -2.08. The van der Waals surface area contributed by atoms with Gasteiger partial charge in [0.05, 0.1) is 33.0 Å². The molecule has 0 aromatic carbocycles. The van der Waals surface area contributed by atoms with E-state index in [0.717, 1.165) is 25.9 Å². The number of carbonyl (C=O) groups is 1. The normalized spacial score (nSPS) is 11.4. The molecule has 0 N–H and O–H groups in total. The minimum absolute atomic E-state index is 0.0983. The minimum atomic E-state index is -0.0983. The summed E-state index contributed by atoms with van der Waals surface area (Å²) in [6.45, 7) is 8.49. The molecule has 0 heterocycles. The number of esters is 1. The van der Waals surface area contributed by atoms with Crippen LogP contribution in [0, 0.1) is 0 Å². The molecule has 0 fully saturated rings. The Balaban J connectivity index is 3.13. The average Bonchev–Trinajstić information content (AvgIpc) is 3.01. The van der Waals surface area contributed by atoms with E-state index < -0.39 is 0 Å². The molecule has 0 aliphatic carbocycles. The summed E-state index contributed by atoms with van der Waals surface area (Å²) in [4.78, 5) is 11.9. The number of ether oxygens (including phenoxy) is 4. The van der Waals surface area contributed by atoms with Crippen molar-refractivity contribution in [2.45, 2.75) is 194 Å². The van der Waals surface area contributed by atoms with Crippen LogP contribution in [0.2, 0.25) is 0 Å². The molecule has 0 rings (SSSR count). The minimum Gasteiger partial charge on any atom is -0.463 e. The van der Waals surface area contributed by atoms with E-state index in [4.69, 9.17) is 18.9 Å². The molecule has 0 unspecified atom stereocenters. The van der Waals surface area contributed by atoms with Gasteiger partial charge in [0.15, 0.2) is 0 Å². The number of hydrogen-bond acceptors (Lipinski definition) is 5. The highest BCUT2D eigenvalue weighted by atomic mass is 16.6. The van der Waals surface area contributed by atoms with Gasteiger partial charge in [-0.2, -0.15) is 0 Å². The van der Waals surface area contributed by atoms with Crippen LogP contribution in [0.25, 0.3) is 0 Å². The molecule has 0 radical (unpaired) electrons. The fourth-order valence-corrected chi connectivity index (χ4v) is 5.51. The summed E-state index contributed by atoms with van der Waals surface area (Å²) in [5.41, 5.74) is 0. The molecular weight excluding hydrogens is 536 g/mol. The van der Waals surface area contributed by atoms with Gasteiger partial charge < -0.3 is 18.9 Å². The predicted molar refractivity (Wildman–Crippen MR) is 184 cm³/mol. The molecule has 0 aliphatic rings. The van der Waals surface area contributed by atoms with Gasteiger partial charge in [0.2, 0.25) is 0 Å². The summed E-state index contributed by atoms with van der Waals surface area (Å²) in [5.74, 6) is -0.0983. The molecule has 0 spiro atoms. The zero-order valence-electron chi connectivity index (χ0n) is 29.3. The van der Waals surface area contributed by atoms with Gasteiger partial charge in [0.25, 0.3) is 0 Å². The Bertz CT molecular complexity index is 513. The molecule has 43 heavy (non-hydrogen) atoms. The van der Waals surface area contributed by atoms with Gasteiger partial charge in [-0.05, 0) is 12.8 Å². The van der Waals surface area contributed by atoms with E-state index >= 15 is 0 Å². The van der Waals surface area contributed by atoms with Gasteiger partial charge in [-0.1, -0.05) is 174 Å². The fraction of sp³-hybridized carbons (Fsp3) is 0.974. The van der Waals surface area contributed by atoms with Gasteiger partial charge >= 0.3 is 5.97 Å². The lowest BCUT2D eigenvalue weighted by atomic mass is 10.0. The van der Waals surface area contributed by atoms with Crippen LogP contribution in [0.4, 0.5) is 0 Å². The summed E-state index contributed by atoms with van der Waals surface area (Å²) in [6.07, 6.45) is 36.9. The lowest BCUT2D eigenvalue weighted by molar-refractivity contribution is -0.145. The Kier molecular flexibility index (Phi) is 38.8. The van der Waals surface area contributed by atoms with Crippen LogP contribution < -0.4 is 0 Å². The summed E-state index contributed by atoms with van der Waals surface area (Å²) >= 11 is 0. The van der Waals surface area contributed by atoms with Crippen LogP contribution >= 0.6 is 0 Å². The van der Waals surface area contributed by atoms with Crippen LogP contribution in [0.1, 0.15) is 194 Å². The highest BCUT2D eigenvalue weighted by Crippen LogP contribution is 2.14. The number of unbranched alkanes of at least 4 members (excludes halogenated alkanes) is 25. The maximum Gasteiger partial charge on any atom is 0.305 e. The number of hydrogen-bond donors (Lipinski definition) is 0. The van der Waals surface area contributed by atoms with Crippen molar-refractivity contribution in [2.24, 2.45) is 0 Å². The largest absolute Gasteiger partial charge is 0.463 e. The zero-order valence-corrected chi connectivity index (χ0v) is 29.3. The van der Waals surface area contributed by atoms with Crippen molar-refractivity contribution in [2.75, 3.05) is 46.2 Å². The Morgan fingerprint density at radius 3 is 0.977 bits per heavy atom. The van der Waals surface area contributed by atoms with Gasteiger partial charge in [0.1, 0.15) is 6.61 Å². The van der Waals surface area contributed by atoms with Crippen molar-refractivity contribution in [3.63, 3.8) is 0 Å². The first kappa shape index (κ1) is 42.3. The highest BCUT2D eigenvalue weighted by Gasteiger charge is 2.03. The van der Waals surface area contributed by atoms with E-state index in [1.165, 1.54) is 154 Å². The summed E-state index contributed by atoms with van der Waals surface area (Å²) in [5, 5.41) is 0. The SMILES string of the molecule is CCCCCCCCCCCCCCCCOCCOCCOCCOC(=O)CCCCCCCCCCCCCCC. The maximum atomic E-state index is 11.9. The Labute approximate surface area is 269 Å². The smallest absolute Gasteiger partial charge is 0.305 e. The van der Waals surface area contributed by atoms with Gasteiger partial charge in [-0.15, -0.1) is 0 Å². The molecule has 258 valence electrons. The Hall–Kier alpha value is -0.650. The molecule has 0 aromatic heterocycles. The van der Waals surface area contributed by atoms with Crippen LogP contribution in [-0.4, -0.2) is 52.2 Å². The van der Waals surface area contributed by atoms with Crippen molar-refractivity contribution >= 4 is 5.97 Å². The molecule has 0 saturated heterocycles. The van der Waals surface area contributed by atoms with Gasteiger partial charge in [-0.25, -0.2) is 0 Å². The Morgan fingerprint density at radius 1 is 0.326 bits per heavy atom. The van der Waals surface area contributed by atoms with E-state index in [9.17, 15) is 4.79 Å². The standard InChI is InChI=1S/C38H76O5/c1-3-5-7-9-11-13-15-17-19-21-23-25-27-29-31-40-32-33-41-34-35-42-36-37-43-38(39)30-28-26-24-22-20-18-16-14-12-10-8-6-4-2/h3-37H2,1-2H3. The van der Waals surface area contributed by atoms with Crippen LogP contribution in [0.3, 0.4) is 0 Å². The zero-order chi connectivity index (χ0) is 31.2. The molecule has 0 bridgehead atoms. The van der Waals surface area contributed by atoms with E-state index in [1.54, 1.807) is 0 Å². The third-order valence-electron chi connectivity index (χ3n) is 8.36. The van der Waals surface area contributed by atoms with Crippen LogP contribution in [0.15, 0.2) is 0 Å². The predicted octanol–water partition coefficient (Wildman–Crippen LogP) is 11.5.